The van der Waals surface area contributed by atoms with Gasteiger partial charge in [0, 0.05) is 25.2 Å². The lowest BCUT2D eigenvalue weighted by atomic mass is 10.2. The first-order valence-corrected chi connectivity index (χ1v) is 6.42. The van der Waals surface area contributed by atoms with Crippen LogP contribution in [0.25, 0.3) is 0 Å². The molecule has 2 N–H and O–H groups in total. The van der Waals surface area contributed by atoms with Gasteiger partial charge >= 0.3 is 0 Å². The lowest BCUT2D eigenvalue weighted by Gasteiger charge is -2.13. The second-order valence-corrected chi connectivity index (χ2v) is 4.11. The molecule has 0 unspecified atom stereocenters. The molecule has 19 heavy (non-hydrogen) atoms. The van der Waals surface area contributed by atoms with Crippen LogP contribution in [0.3, 0.4) is 0 Å². The minimum absolute atomic E-state index is 0.00441. The van der Waals surface area contributed by atoms with Crippen molar-refractivity contribution in [2.75, 3.05) is 27.3 Å². The van der Waals surface area contributed by atoms with E-state index in [-0.39, 0.29) is 12.5 Å². The van der Waals surface area contributed by atoms with Crippen molar-refractivity contribution in [3.63, 3.8) is 0 Å². The smallest absolute Gasteiger partial charge is 0.257 e. The molecule has 0 saturated carbocycles. The van der Waals surface area contributed by atoms with Crippen LogP contribution in [-0.2, 0) is 11.3 Å². The average molecular weight is 266 g/mol. The topological polar surface area (TPSA) is 59.6 Å². The van der Waals surface area contributed by atoms with Gasteiger partial charge in [-0.25, -0.2) is 0 Å². The van der Waals surface area contributed by atoms with Crippen molar-refractivity contribution in [1.82, 2.24) is 10.6 Å². The summed E-state index contributed by atoms with van der Waals surface area (Å²) in [5, 5.41) is 5.83. The summed E-state index contributed by atoms with van der Waals surface area (Å²) in [6.45, 7) is 3.77. The number of amides is 1. The third kappa shape index (κ3) is 5.18. The van der Waals surface area contributed by atoms with Gasteiger partial charge in [-0.15, -0.1) is 0 Å². The van der Waals surface area contributed by atoms with Gasteiger partial charge in [-0.2, -0.15) is 0 Å². The molecule has 5 nitrogen and oxygen atoms in total. The maximum absolute atomic E-state index is 11.2. The zero-order chi connectivity index (χ0) is 14.1. The Morgan fingerprint density at radius 2 is 2.16 bits per heavy atom. The van der Waals surface area contributed by atoms with Gasteiger partial charge in [-0.3, -0.25) is 4.79 Å². The minimum Gasteiger partial charge on any atom is -0.497 e. The number of ether oxygens (including phenoxy) is 2. The molecule has 0 saturated heterocycles. The predicted octanol–water partition coefficient (Wildman–Crippen LogP) is 1.32. The van der Waals surface area contributed by atoms with Gasteiger partial charge in [-0.1, -0.05) is 13.0 Å². The Morgan fingerprint density at radius 3 is 2.79 bits per heavy atom. The Hall–Kier alpha value is -1.75. The van der Waals surface area contributed by atoms with Crippen LogP contribution in [0.2, 0.25) is 0 Å². The highest BCUT2D eigenvalue weighted by molar-refractivity contribution is 5.77. The highest BCUT2D eigenvalue weighted by Crippen LogP contribution is 2.24. The van der Waals surface area contributed by atoms with Crippen LogP contribution >= 0.6 is 0 Å². The Balaban J connectivity index is 2.73. The Morgan fingerprint density at radius 1 is 1.37 bits per heavy atom. The van der Waals surface area contributed by atoms with E-state index in [1.165, 1.54) is 0 Å². The normalized spacial score (nSPS) is 10.1. The number of hydrogen-bond donors (Lipinski definition) is 2. The van der Waals surface area contributed by atoms with Crippen molar-refractivity contribution in [3.8, 4) is 11.5 Å². The van der Waals surface area contributed by atoms with Gasteiger partial charge in [0.05, 0.1) is 7.11 Å². The molecule has 1 aromatic carbocycles. The van der Waals surface area contributed by atoms with E-state index in [1.54, 1.807) is 20.2 Å². The van der Waals surface area contributed by atoms with Crippen LogP contribution in [0, 0.1) is 0 Å². The molecule has 5 heteroatoms. The van der Waals surface area contributed by atoms with E-state index in [2.05, 4.69) is 17.6 Å². The van der Waals surface area contributed by atoms with Crippen molar-refractivity contribution in [2.45, 2.75) is 19.9 Å². The Kier molecular flexibility index (Phi) is 6.74. The zero-order valence-electron chi connectivity index (χ0n) is 11.8. The Bertz CT molecular complexity index is 408. The molecule has 0 spiro atoms. The van der Waals surface area contributed by atoms with E-state index in [9.17, 15) is 4.79 Å². The van der Waals surface area contributed by atoms with E-state index in [0.717, 1.165) is 18.5 Å². The lowest BCUT2D eigenvalue weighted by Crippen LogP contribution is -2.25. The molecular weight excluding hydrogens is 244 g/mol. The first-order chi connectivity index (χ1) is 9.21. The van der Waals surface area contributed by atoms with Crippen molar-refractivity contribution in [3.05, 3.63) is 23.8 Å². The van der Waals surface area contributed by atoms with Crippen LogP contribution in [-0.4, -0.2) is 33.2 Å². The maximum Gasteiger partial charge on any atom is 0.257 e. The number of carbonyl (C=O) groups is 1. The number of carbonyl (C=O) groups excluding carboxylic acids is 1. The van der Waals surface area contributed by atoms with Crippen molar-refractivity contribution < 1.29 is 14.3 Å². The summed E-state index contributed by atoms with van der Waals surface area (Å²) in [6.07, 6.45) is 1.07. The quantitative estimate of drug-likeness (QED) is 0.697. The number of benzene rings is 1. The summed E-state index contributed by atoms with van der Waals surface area (Å²) in [5.41, 5.74) is 1.01. The van der Waals surface area contributed by atoms with Gasteiger partial charge in [0.25, 0.3) is 5.91 Å². The number of rotatable bonds is 8. The molecular formula is C14H22N2O3. The van der Waals surface area contributed by atoms with Gasteiger partial charge in [0.2, 0.25) is 0 Å². The standard InChI is InChI=1S/C14H22N2O3/c1-4-7-16-9-11-5-6-12(18-3)8-13(11)19-10-14(17)15-2/h5-6,8,16H,4,7,9-10H2,1-3H3,(H,15,17). The van der Waals surface area contributed by atoms with Crippen molar-refractivity contribution in [2.24, 2.45) is 0 Å². The summed E-state index contributed by atoms with van der Waals surface area (Å²) in [5.74, 6) is 1.23. The van der Waals surface area contributed by atoms with Gasteiger partial charge < -0.3 is 20.1 Å². The lowest BCUT2D eigenvalue weighted by molar-refractivity contribution is -0.122. The highest BCUT2D eigenvalue weighted by atomic mass is 16.5. The van der Waals surface area contributed by atoms with E-state index >= 15 is 0 Å². The third-order valence-corrected chi connectivity index (χ3v) is 2.65. The number of nitrogens with one attached hydrogen (secondary N) is 2. The number of hydrogen-bond acceptors (Lipinski definition) is 4. The van der Waals surface area contributed by atoms with Crippen molar-refractivity contribution in [1.29, 1.82) is 0 Å². The molecule has 0 atom stereocenters. The van der Waals surface area contributed by atoms with E-state index < -0.39 is 0 Å². The van der Waals surface area contributed by atoms with Crippen LogP contribution in [0.5, 0.6) is 11.5 Å². The van der Waals surface area contributed by atoms with Crippen LogP contribution in [0.15, 0.2) is 18.2 Å². The SMILES string of the molecule is CCCNCc1ccc(OC)cc1OCC(=O)NC. The molecule has 106 valence electrons. The number of likely N-dealkylation sites (N-methyl/N-ethyl adjacent to an activating group) is 1. The first kappa shape index (κ1) is 15.3. The molecule has 0 aliphatic rings. The predicted molar refractivity (Wildman–Crippen MR) is 74.6 cm³/mol. The summed E-state index contributed by atoms with van der Waals surface area (Å²) in [7, 11) is 3.19. The molecule has 0 aliphatic carbocycles. The fourth-order valence-electron chi connectivity index (χ4n) is 1.56. The second-order valence-electron chi connectivity index (χ2n) is 4.11. The fraction of sp³-hybridized carbons (Fsp3) is 0.500. The largest absolute Gasteiger partial charge is 0.497 e. The number of methoxy groups -OCH3 is 1. The van der Waals surface area contributed by atoms with Gasteiger partial charge in [0.15, 0.2) is 6.61 Å². The molecule has 1 aromatic rings. The zero-order valence-corrected chi connectivity index (χ0v) is 11.8. The van der Waals surface area contributed by atoms with E-state index in [1.807, 2.05) is 12.1 Å². The molecule has 0 aromatic heterocycles. The fourth-order valence-corrected chi connectivity index (χ4v) is 1.56. The summed E-state index contributed by atoms with van der Waals surface area (Å²) in [6, 6.07) is 5.63. The highest BCUT2D eigenvalue weighted by Gasteiger charge is 2.07. The molecule has 0 heterocycles. The van der Waals surface area contributed by atoms with Crippen LogP contribution < -0.4 is 20.1 Å². The second kappa shape index (κ2) is 8.37. The molecule has 0 fully saturated rings. The van der Waals surface area contributed by atoms with Crippen LogP contribution in [0.4, 0.5) is 0 Å². The monoisotopic (exact) mass is 266 g/mol. The summed E-state index contributed by atoms with van der Waals surface area (Å²) >= 11 is 0. The first-order valence-electron chi connectivity index (χ1n) is 6.42. The van der Waals surface area contributed by atoms with Crippen molar-refractivity contribution >= 4 is 5.91 Å². The molecule has 1 rings (SSSR count). The molecule has 0 bridgehead atoms. The summed E-state index contributed by atoms with van der Waals surface area (Å²) < 4.78 is 10.7. The molecule has 1 amide bonds. The van der Waals surface area contributed by atoms with Crippen LogP contribution in [0.1, 0.15) is 18.9 Å². The third-order valence-electron chi connectivity index (χ3n) is 2.65. The minimum atomic E-state index is -0.157. The van der Waals surface area contributed by atoms with E-state index in [0.29, 0.717) is 18.0 Å². The molecule has 0 aliphatic heterocycles. The molecule has 0 radical (unpaired) electrons. The average Bonchev–Trinajstić information content (AvgIpc) is 2.45. The van der Waals surface area contributed by atoms with Gasteiger partial charge in [-0.05, 0) is 19.0 Å². The Labute approximate surface area is 114 Å². The maximum atomic E-state index is 11.2. The van der Waals surface area contributed by atoms with E-state index in [4.69, 9.17) is 9.47 Å². The van der Waals surface area contributed by atoms with Gasteiger partial charge in [0.1, 0.15) is 11.5 Å². The summed E-state index contributed by atoms with van der Waals surface area (Å²) in [4.78, 5) is 11.2.